The number of hydrogen-bond donors (Lipinski definition) is 1. The molecule has 13 heavy (non-hydrogen) atoms. The molecular weight excluding hydrogens is 232 g/mol. The standard InChI is InChI=1S/C10H11BrO2/c1-7-4-8(2-3-10(7)13)9(5-11)6-12/h2-4,6,9,13H,5H2,1H3. The highest BCUT2D eigenvalue weighted by molar-refractivity contribution is 9.09. The molecule has 0 aliphatic carbocycles. The second-order valence-electron chi connectivity index (χ2n) is 2.94. The maximum atomic E-state index is 10.6. The van der Waals surface area contributed by atoms with E-state index >= 15 is 0 Å². The molecule has 1 atom stereocenters. The Labute approximate surface area is 85.7 Å². The van der Waals surface area contributed by atoms with Crippen molar-refractivity contribution in [2.75, 3.05) is 5.33 Å². The number of carbonyl (C=O) groups excluding carboxylic acids is 1. The Morgan fingerprint density at radius 2 is 2.31 bits per heavy atom. The Morgan fingerprint density at radius 3 is 2.77 bits per heavy atom. The Kier molecular flexibility index (Phi) is 3.48. The number of phenolic OH excluding ortho intramolecular Hbond substituents is 1. The van der Waals surface area contributed by atoms with Crippen molar-refractivity contribution in [1.29, 1.82) is 0 Å². The molecule has 0 aliphatic heterocycles. The van der Waals surface area contributed by atoms with E-state index in [1.54, 1.807) is 12.1 Å². The second-order valence-corrected chi connectivity index (χ2v) is 3.59. The molecule has 0 spiro atoms. The van der Waals surface area contributed by atoms with Crippen molar-refractivity contribution in [2.24, 2.45) is 0 Å². The largest absolute Gasteiger partial charge is 0.508 e. The fourth-order valence-electron chi connectivity index (χ4n) is 1.11. The molecule has 3 heteroatoms. The SMILES string of the molecule is Cc1cc(C(C=O)CBr)ccc1O. The van der Waals surface area contributed by atoms with Crippen molar-refractivity contribution in [3.05, 3.63) is 29.3 Å². The van der Waals surface area contributed by atoms with Crippen LogP contribution in [0.3, 0.4) is 0 Å². The topological polar surface area (TPSA) is 37.3 Å². The number of carbonyl (C=O) groups is 1. The van der Waals surface area contributed by atoms with E-state index in [-0.39, 0.29) is 11.7 Å². The number of aldehydes is 1. The molecule has 0 heterocycles. The highest BCUT2D eigenvalue weighted by atomic mass is 79.9. The number of benzene rings is 1. The molecule has 1 unspecified atom stereocenters. The number of hydrogen-bond acceptors (Lipinski definition) is 2. The van der Waals surface area contributed by atoms with Crippen molar-refractivity contribution in [3.8, 4) is 5.75 Å². The third-order valence-corrected chi connectivity index (χ3v) is 2.68. The first kappa shape index (κ1) is 10.3. The maximum absolute atomic E-state index is 10.6. The normalized spacial score (nSPS) is 12.5. The number of rotatable bonds is 3. The molecule has 0 saturated heterocycles. The number of aromatic hydroxyl groups is 1. The Morgan fingerprint density at radius 1 is 1.62 bits per heavy atom. The van der Waals surface area contributed by atoms with E-state index < -0.39 is 0 Å². The van der Waals surface area contributed by atoms with Gasteiger partial charge in [0, 0.05) is 11.2 Å². The van der Waals surface area contributed by atoms with Crippen LogP contribution in [0.15, 0.2) is 18.2 Å². The third kappa shape index (κ3) is 2.31. The molecule has 1 aromatic carbocycles. The molecule has 0 saturated carbocycles. The summed E-state index contributed by atoms with van der Waals surface area (Å²) in [4.78, 5) is 10.6. The molecule has 1 aromatic rings. The summed E-state index contributed by atoms with van der Waals surface area (Å²) in [5, 5.41) is 9.88. The van der Waals surface area contributed by atoms with Crippen LogP contribution < -0.4 is 0 Å². The fourth-order valence-corrected chi connectivity index (χ4v) is 1.64. The Bertz CT molecular complexity index is 310. The predicted molar refractivity (Wildman–Crippen MR) is 55.4 cm³/mol. The van der Waals surface area contributed by atoms with Crippen LogP contribution in [0.5, 0.6) is 5.75 Å². The van der Waals surface area contributed by atoms with Crippen molar-refractivity contribution < 1.29 is 9.90 Å². The minimum atomic E-state index is -0.126. The fraction of sp³-hybridized carbons (Fsp3) is 0.300. The first-order valence-electron chi connectivity index (χ1n) is 3.99. The lowest BCUT2D eigenvalue weighted by molar-refractivity contribution is -0.108. The first-order chi connectivity index (χ1) is 6.19. The number of alkyl halides is 1. The van der Waals surface area contributed by atoms with Gasteiger partial charge in [-0.25, -0.2) is 0 Å². The van der Waals surface area contributed by atoms with E-state index in [1.807, 2.05) is 13.0 Å². The molecule has 70 valence electrons. The molecule has 0 bridgehead atoms. The van der Waals surface area contributed by atoms with Gasteiger partial charge < -0.3 is 9.90 Å². The minimum absolute atomic E-state index is 0.126. The van der Waals surface area contributed by atoms with Crippen LogP contribution in [0, 0.1) is 6.92 Å². The molecule has 0 fully saturated rings. The zero-order chi connectivity index (χ0) is 9.84. The van der Waals surface area contributed by atoms with E-state index in [0.29, 0.717) is 5.33 Å². The van der Waals surface area contributed by atoms with Gasteiger partial charge >= 0.3 is 0 Å². The Hall–Kier alpha value is -0.830. The number of phenols is 1. The van der Waals surface area contributed by atoms with Crippen molar-refractivity contribution >= 4 is 22.2 Å². The van der Waals surface area contributed by atoms with Crippen LogP contribution >= 0.6 is 15.9 Å². The van der Waals surface area contributed by atoms with Gasteiger partial charge in [0.1, 0.15) is 12.0 Å². The van der Waals surface area contributed by atoms with Gasteiger partial charge in [0.25, 0.3) is 0 Å². The Balaban J connectivity index is 3.01. The van der Waals surface area contributed by atoms with Crippen molar-refractivity contribution in [3.63, 3.8) is 0 Å². The second kappa shape index (κ2) is 4.42. The average molecular weight is 243 g/mol. The summed E-state index contributed by atoms with van der Waals surface area (Å²) >= 11 is 3.26. The average Bonchev–Trinajstić information content (AvgIpc) is 2.13. The molecule has 0 radical (unpaired) electrons. The van der Waals surface area contributed by atoms with Gasteiger partial charge in [0.15, 0.2) is 0 Å². The van der Waals surface area contributed by atoms with Gasteiger partial charge in [-0.3, -0.25) is 0 Å². The minimum Gasteiger partial charge on any atom is -0.508 e. The summed E-state index contributed by atoms with van der Waals surface area (Å²) in [6.45, 7) is 1.81. The highest BCUT2D eigenvalue weighted by Gasteiger charge is 2.09. The third-order valence-electron chi connectivity index (χ3n) is 1.98. The lowest BCUT2D eigenvalue weighted by atomic mass is 10.0. The highest BCUT2D eigenvalue weighted by Crippen LogP contribution is 2.22. The molecule has 0 aliphatic rings. The molecule has 2 nitrogen and oxygen atoms in total. The first-order valence-corrected chi connectivity index (χ1v) is 5.12. The van der Waals surface area contributed by atoms with Gasteiger partial charge in [-0.05, 0) is 24.1 Å². The van der Waals surface area contributed by atoms with Gasteiger partial charge in [0.05, 0.1) is 0 Å². The van der Waals surface area contributed by atoms with E-state index in [2.05, 4.69) is 15.9 Å². The molecular formula is C10H11BrO2. The van der Waals surface area contributed by atoms with Gasteiger partial charge in [-0.1, -0.05) is 28.1 Å². The van der Waals surface area contributed by atoms with Crippen LogP contribution in [-0.4, -0.2) is 16.7 Å². The summed E-state index contributed by atoms with van der Waals surface area (Å²) in [7, 11) is 0. The number of halogens is 1. The van der Waals surface area contributed by atoms with Crippen LogP contribution in [0.2, 0.25) is 0 Å². The summed E-state index contributed by atoms with van der Waals surface area (Å²) in [6.07, 6.45) is 0.903. The monoisotopic (exact) mass is 242 g/mol. The summed E-state index contributed by atoms with van der Waals surface area (Å²) in [5.74, 6) is 0.141. The van der Waals surface area contributed by atoms with E-state index in [4.69, 9.17) is 0 Å². The zero-order valence-corrected chi connectivity index (χ0v) is 8.91. The van der Waals surface area contributed by atoms with Crippen LogP contribution in [0.25, 0.3) is 0 Å². The van der Waals surface area contributed by atoms with Crippen LogP contribution in [0.4, 0.5) is 0 Å². The van der Waals surface area contributed by atoms with Gasteiger partial charge in [0.2, 0.25) is 0 Å². The van der Waals surface area contributed by atoms with Crippen LogP contribution in [-0.2, 0) is 4.79 Å². The van der Waals surface area contributed by atoms with Crippen LogP contribution in [0.1, 0.15) is 17.0 Å². The smallest absolute Gasteiger partial charge is 0.128 e. The summed E-state index contributed by atoms with van der Waals surface area (Å²) in [5.41, 5.74) is 1.73. The molecule has 1 rings (SSSR count). The van der Waals surface area contributed by atoms with Crippen molar-refractivity contribution in [2.45, 2.75) is 12.8 Å². The molecule has 0 amide bonds. The lowest BCUT2D eigenvalue weighted by Gasteiger charge is -2.08. The molecule has 1 N–H and O–H groups in total. The van der Waals surface area contributed by atoms with Crippen molar-refractivity contribution in [1.82, 2.24) is 0 Å². The van der Waals surface area contributed by atoms with E-state index in [9.17, 15) is 9.90 Å². The summed E-state index contributed by atoms with van der Waals surface area (Å²) < 4.78 is 0. The zero-order valence-electron chi connectivity index (χ0n) is 7.33. The summed E-state index contributed by atoms with van der Waals surface area (Å²) in [6, 6.07) is 5.21. The van der Waals surface area contributed by atoms with Gasteiger partial charge in [-0.15, -0.1) is 0 Å². The lowest BCUT2D eigenvalue weighted by Crippen LogP contribution is -2.01. The van der Waals surface area contributed by atoms with E-state index in [0.717, 1.165) is 17.4 Å². The quantitative estimate of drug-likeness (QED) is 0.653. The predicted octanol–water partition coefficient (Wildman–Crippen LogP) is 2.38. The van der Waals surface area contributed by atoms with E-state index in [1.165, 1.54) is 0 Å². The number of aryl methyl sites for hydroxylation is 1. The van der Waals surface area contributed by atoms with Gasteiger partial charge in [-0.2, -0.15) is 0 Å². The maximum Gasteiger partial charge on any atom is 0.128 e. The molecule has 0 aromatic heterocycles.